The SMILES string of the molecule is COc1cc2c(cc1OC)C(C(C)=O)N(N1CCCCC1)CC2. The standard InChI is InChI=1S/C18H26N2O3/c1-13(21)18-15-12-17(23-3)16(22-2)11-14(15)7-10-20(18)19-8-5-4-6-9-19/h11-12,18H,4-10H2,1-3H3. The Balaban J connectivity index is 1.98. The Labute approximate surface area is 138 Å². The van der Waals surface area contributed by atoms with E-state index in [4.69, 9.17) is 9.47 Å². The summed E-state index contributed by atoms with van der Waals surface area (Å²) in [4.78, 5) is 12.4. The Bertz CT molecular complexity index is 582. The van der Waals surface area contributed by atoms with Gasteiger partial charge < -0.3 is 9.47 Å². The van der Waals surface area contributed by atoms with E-state index in [1.54, 1.807) is 21.1 Å². The van der Waals surface area contributed by atoms with Crippen molar-refractivity contribution in [1.82, 2.24) is 10.0 Å². The van der Waals surface area contributed by atoms with Crippen LogP contribution in [0.2, 0.25) is 0 Å². The zero-order valence-electron chi connectivity index (χ0n) is 14.3. The summed E-state index contributed by atoms with van der Waals surface area (Å²) >= 11 is 0. The summed E-state index contributed by atoms with van der Waals surface area (Å²) in [5.41, 5.74) is 2.25. The molecule has 1 aromatic carbocycles. The normalized spacial score (nSPS) is 22.5. The van der Waals surface area contributed by atoms with E-state index in [1.165, 1.54) is 24.8 Å². The first-order valence-corrected chi connectivity index (χ1v) is 8.42. The number of rotatable bonds is 4. The molecule has 2 aliphatic heterocycles. The molecule has 0 saturated carbocycles. The Kier molecular flexibility index (Phi) is 4.87. The van der Waals surface area contributed by atoms with E-state index in [2.05, 4.69) is 10.0 Å². The highest BCUT2D eigenvalue weighted by Crippen LogP contribution is 2.39. The molecule has 5 heteroatoms. The molecular formula is C18H26N2O3. The second kappa shape index (κ2) is 6.89. The maximum atomic E-state index is 12.4. The molecular weight excluding hydrogens is 292 g/mol. The molecule has 0 aromatic heterocycles. The van der Waals surface area contributed by atoms with E-state index in [1.807, 2.05) is 12.1 Å². The third-order valence-corrected chi connectivity index (χ3v) is 4.93. The highest BCUT2D eigenvalue weighted by atomic mass is 16.5. The molecule has 1 unspecified atom stereocenters. The van der Waals surface area contributed by atoms with Gasteiger partial charge in [-0.3, -0.25) is 4.79 Å². The number of carbonyl (C=O) groups is 1. The van der Waals surface area contributed by atoms with E-state index >= 15 is 0 Å². The molecule has 1 saturated heterocycles. The van der Waals surface area contributed by atoms with Crippen molar-refractivity contribution in [3.63, 3.8) is 0 Å². The summed E-state index contributed by atoms with van der Waals surface area (Å²) in [7, 11) is 3.29. The highest BCUT2D eigenvalue weighted by Gasteiger charge is 2.35. The van der Waals surface area contributed by atoms with Gasteiger partial charge in [-0.15, -0.1) is 0 Å². The second-order valence-electron chi connectivity index (χ2n) is 6.35. The maximum Gasteiger partial charge on any atom is 0.161 e. The van der Waals surface area contributed by atoms with Crippen LogP contribution in [0, 0.1) is 0 Å². The Morgan fingerprint density at radius 3 is 2.30 bits per heavy atom. The lowest BCUT2D eigenvalue weighted by Gasteiger charge is -2.44. The lowest BCUT2D eigenvalue weighted by molar-refractivity contribution is -0.136. The summed E-state index contributed by atoms with van der Waals surface area (Å²) in [5.74, 6) is 1.61. The van der Waals surface area contributed by atoms with Crippen molar-refractivity contribution in [3.8, 4) is 11.5 Å². The van der Waals surface area contributed by atoms with Gasteiger partial charge in [0.25, 0.3) is 0 Å². The number of ether oxygens (including phenoxy) is 2. The molecule has 0 radical (unpaired) electrons. The molecule has 0 bridgehead atoms. The molecule has 0 spiro atoms. The molecule has 3 rings (SSSR count). The summed E-state index contributed by atoms with van der Waals surface area (Å²) < 4.78 is 10.8. The van der Waals surface area contributed by atoms with Gasteiger partial charge in [-0.2, -0.15) is 0 Å². The van der Waals surface area contributed by atoms with Crippen LogP contribution in [0.5, 0.6) is 11.5 Å². The van der Waals surface area contributed by atoms with Crippen LogP contribution in [0.4, 0.5) is 0 Å². The second-order valence-corrected chi connectivity index (χ2v) is 6.35. The third kappa shape index (κ3) is 3.08. The lowest BCUT2D eigenvalue weighted by Crippen LogP contribution is -2.51. The zero-order valence-corrected chi connectivity index (χ0v) is 14.3. The molecule has 2 heterocycles. The van der Waals surface area contributed by atoms with Crippen LogP contribution in [0.15, 0.2) is 12.1 Å². The molecule has 23 heavy (non-hydrogen) atoms. The van der Waals surface area contributed by atoms with Gasteiger partial charge in [0.2, 0.25) is 0 Å². The third-order valence-electron chi connectivity index (χ3n) is 4.93. The number of benzene rings is 1. The van der Waals surface area contributed by atoms with Crippen molar-refractivity contribution < 1.29 is 14.3 Å². The monoisotopic (exact) mass is 318 g/mol. The predicted molar refractivity (Wildman–Crippen MR) is 88.8 cm³/mol. The van der Waals surface area contributed by atoms with E-state index < -0.39 is 0 Å². The average Bonchev–Trinajstić information content (AvgIpc) is 2.59. The fourth-order valence-electron chi connectivity index (χ4n) is 3.80. The molecule has 0 N–H and O–H groups in total. The summed E-state index contributed by atoms with van der Waals surface area (Å²) in [6, 6.07) is 3.80. The van der Waals surface area contributed by atoms with Crippen molar-refractivity contribution >= 4 is 5.78 Å². The van der Waals surface area contributed by atoms with Crippen LogP contribution >= 0.6 is 0 Å². The molecule has 0 aliphatic carbocycles. The van der Waals surface area contributed by atoms with Crippen LogP contribution in [-0.2, 0) is 11.2 Å². The van der Waals surface area contributed by atoms with Crippen LogP contribution in [0.3, 0.4) is 0 Å². The van der Waals surface area contributed by atoms with Gasteiger partial charge >= 0.3 is 0 Å². The largest absolute Gasteiger partial charge is 0.493 e. The smallest absolute Gasteiger partial charge is 0.161 e. The number of hydrogen-bond acceptors (Lipinski definition) is 5. The first-order valence-electron chi connectivity index (χ1n) is 8.42. The summed E-state index contributed by atoms with van der Waals surface area (Å²) in [6.45, 7) is 4.67. The maximum absolute atomic E-state index is 12.4. The topological polar surface area (TPSA) is 42.0 Å². The van der Waals surface area contributed by atoms with Crippen molar-refractivity contribution in [1.29, 1.82) is 0 Å². The van der Waals surface area contributed by atoms with Crippen LogP contribution < -0.4 is 9.47 Å². The van der Waals surface area contributed by atoms with Crippen molar-refractivity contribution in [2.45, 2.75) is 38.6 Å². The Morgan fingerprint density at radius 1 is 1.04 bits per heavy atom. The van der Waals surface area contributed by atoms with E-state index in [-0.39, 0.29) is 11.8 Å². The number of ketones is 1. The van der Waals surface area contributed by atoms with Gasteiger partial charge in [0, 0.05) is 19.6 Å². The van der Waals surface area contributed by atoms with E-state index in [0.29, 0.717) is 5.75 Å². The van der Waals surface area contributed by atoms with Crippen molar-refractivity contribution in [3.05, 3.63) is 23.3 Å². The Hall–Kier alpha value is -1.59. The number of methoxy groups -OCH3 is 2. The number of piperidine rings is 1. The number of Topliss-reactive ketones (excluding diaryl/α,β-unsaturated/α-hetero) is 1. The number of hydrogen-bond donors (Lipinski definition) is 0. The molecule has 5 nitrogen and oxygen atoms in total. The fourth-order valence-corrected chi connectivity index (χ4v) is 3.80. The molecule has 1 aromatic rings. The Morgan fingerprint density at radius 2 is 1.70 bits per heavy atom. The van der Waals surface area contributed by atoms with Gasteiger partial charge in [-0.25, -0.2) is 10.0 Å². The van der Waals surface area contributed by atoms with Crippen LogP contribution in [0.1, 0.15) is 43.4 Å². The number of nitrogens with zero attached hydrogens (tertiary/aromatic N) is 2. The van der Waals surface area contributed by atoms with Gasteiger partial charge in [0.15, 0.2) is 17.3 Å². The number of carbonyl (C=O) groups excluding carboxylic acids is 1. The van der Waals surface area contributed by atoms with Gasteiger partial charge in [-0.1, -0.05) is 6.42 Å². The minimum Gasteiger partial charge on any atom is -0.493 e. The minimum absolute atomic E-state index is 0.184. The predicted octanol–water partition coefficient (Wildman–Crippen LogP) is 2.59. The van der Waals surface area contributed by atoms with E-state index in [9.17, 15) is 4.79 Å². The zero-order chi connectivity index (χ0) is 16.4. The number of fused-ring (bicyclic) bond motifs is 1. The van der Waals surface area contributed by atoms with Crippen molar-refractivity contribution in [2.24, 2.45) is 0 Å². The average molecular weight is 318 g/mol. The summed E-state index contributed by atoms with van der Waals surface area (Å²) in [6.07, 6.45) is 4.63. The van der Waals surface area contributed by atoms with Gasteiger partial charge in [0.1, 0.15) is 6.04 Å². The highest BCUT2D eigenvalue weighted by molar-refractivity contribution is 5.84. The number of hydrazine groups is 1. The molecule has 126 valence electrons. The first-order chi connectivity index (χ1) is 11.2. The first kappa shape index (κ1) is 16.3. The molecule has 1 atom stereocenters. The van der Waals surface area contributed by atoms with Gasteiger partial charge in [0.05, 0.1) is 14.2 Å². The molecule has 2 aliphatic rings. The molecule has 0 amide bonds. The fraction of sp³-hybridized carbons (Fsp3) is 0.611. The van der Waals surface area contributed by atoms with Crippen LogP contribution in [0.25, 0.3) is 0 Å². The molecule has 1 fully saturated rings. The lowest BCUT2D eigenvalue weighted by atomic mass is 9.90. The van der Waals surface area contributed by atoms with Crippen LogP contribution in [-0.4, -0.2) is 49.7 Å². The van der Waals surface area contributed by atoms with Crippen molar-refractivity contribution in [2.75, 3.05) is 33.9 Å². The van der Waals surface area contributed by atoms with Gasteiger partial charge in [-0.05, 0) is 49.4 Å². The summed E-state index contributed by atoms with van der Waals surface area (Å²) in [5, 5.41) is 4.64. The van der Waals surface area contributed by atoms with E-state index in [0.717, 1.165) is 37.4 Å². The quantitative estimate of drug-likeness (QED) is 0.853. The minimum atomic E-state index is -0.211.